The van der Waals surface area contributed by atoms with Crippen LogP contribution in [-0.4, -0.2) is 12.2 Å². The molecule has 2 aromatic carbocycles. The molecule has 2 N–H and O–H groups in total. The number of hydrogen-bond donors (Lipinski definition) is 2. The summed E-state index contributed by atoms with van der Waals surface area (Å²) in [4.78, 5) is 0. The van der Waals surface area contributed by atoms with E-state index in [4.69, 9.17) is 4.74 Å². The van der Waals surface area contributed by atoms with Crippen LogP contribution in [0.3, 0.4) is 0 Å². The minimum Gasteiger partial charge on any atom is -0.504 e. The third-order valence-electron chi connectivity index (χ3n) is 4.17. The van der Waals surface area contributed by atoms with Gasteiger partial charge in [0.05, 0.1) is 7.11 Å². The number of aryl methyl sites for hydroxylation is 1. The monoisotopic (exact) mass is 283 g/mol. The zero-order valence-corrected chi connectivity index (χ0v) is 12.4. The number of ether oxygens (including phenoxy) is 1. The quantitative estimate of drug-likeness (QED) is 0.894. The van der Waals surface area contributed by atoms with Crippen LogP contribution in [-0.2, 0) is 19.4 Å². The minimum absolute atomic E-state index is 0.220. The van der Waals surface area contributed by atoms with E-state index in [1.54, 1.807) is 13.2 Å². The molecule has 0 heterocycles. The van der Waals surface area contributed by atoms with Gasteiger partial charge in [-0.1, -0.05) is 24.3 Å². The molecule has 0 fully saturated rings. The lowest BCUT2D eigenvalue weighted by atomic mass is 9.90. The van der Waals surface area contributed by atoms with Gasteiger partial charge in [-0.25, -0.2) is 0 Å². The molecular formula is C18H21NO2. The summed E-state index contributed by atoms with van der Waals surface area (Å²) in [7, 11) is 1.57. The van der Waals surface area contributed by atoms with Crippen LogP contribution in [0.2, 0.25) is 0 Å². The van der Waals surface area contributed by atoms with Gasteiger partial charge in [0.25, 0.3) is 0 Å². The zero-order valence-electron chi connectivity index (χ0n) is 12.4. The first-order chi connectivity index (χ1) is 10.3. The van der Waals surface area contributed by atoms with E-state index in [-0.39, 0.29) is 5.75 Å². The number of fused-ring (bicyclic) bond motifs is 1. The Morgan fingerprint density at radius 2 is 1.90 bits per heavy atom. The first-order valence-electron chi connectivity index (χ1n) is 7.49. The summed E-state index contributed by atoms with van der Waals surface area (Å²) in [5.41, 5.74) is 4.93. The fraction of sp³-hybridized carbons (Fsp3) is 0.333. The lowest BCUT2D eigenvalue weighted by Crippen LogP contribution is -2.08. The molecule has 0 radical (unpaired) electrons. The van der Waals surface area contributed by atoms with E-state index in [2.05, 4.69) is 23.5 Å². The Bertz CT molecular complexity index is 637. The van der Waals surface area contributed by atoms with E-state index in [0.29, 0.717) is 12.3 Å². The summed E-state index contributed by atoms with van der Waals surface area (Å²) in [6.45, 7) is 0.597. The number of phenolic OH excluding ortho intramolecular Hbond substituents is 1. The molecule has 21 heavy (non-hydrogen) atoms. The second kappa shape index (κ2) is 6.08. The van der Waals surface area contributed by atoms with Gasteiger partial charge in [0.1, 0.15) is 0 Å². The summed E-state index contributed by atoms with van der Waals surface area (Å²) >= 11 is 0. The van der Waals surface area contributed by atoms with E-state index < -0.39 is 0 Å². The average Bonchev–Trinajstić information content (AvgIpc) is 2.54. The van der Waals surface area contributed by atoms with Crippen LogP contribution in [0.25, 0.3) is 0 Å². The third kappa shape index (κ3) is 2.82. The molecule has 0 saturated heterocycles. The molecule has 1 aliphatic rings. The molecule has 0 spiro atoms. The SMILES string of the molecule is COc1cccc(CNc2cccc3c2CCCC3)c1O. The fourth-order valence-corrected chi connectivity index (χ4v) is 3.01. The van der Waals surface area contributed by atoms with E-state index >= 15 is 0 Å². The Morgan fingerprint density at radius 3 is 2.76 bits per heavy atom. The van der Waals surface area contributed by atoms with Crippen molar-refractivity contribution < 1.29 is 9.84 Å². The van der Waals surface area contributed by atoms with E-state index in [0.717, 1.165) is 12.0 Å². The van der Waals surface area contributed by atoms with Gasteiger partial charge in [-0.15, -0.1) is 0 Å². The fourth-order valence-electron chi connectivity index (χ4n) is 3.01. The van der Waals surface area contributed by atoms with Crippen LogP contribution < -0.4 is 10.1 Å². The number of aromatic hydroxyl groups is 1. The molecule has 0 aromatic heterocycles. The largest absolute Gasteiger partial charge is 0.504 e. The van der Waals surface area contributed by atoms with E-state index in [1.807, 2.05) is 12.1 Å². The average molecular weight is 283 g/mol. The minimum atomic E-state index is 0.220. The van der Waals surface area contributed by atoms with Gasteiger partial charge in [-0.2, -0.15) is 0 Å². The molecule has 0 aliphatic heterocycles. The molecular weight excluding hydrogens is 262 g/mol. The first kappa shape index (κ1) is 13.8. The number of nitrogens with one attached hydrogen (secondary N) is 1. The molecule has 0 unspecified atom stereocenters. The molecule has 3 heteroatoms. The predicted molar refractivity (Wildman–Crippen MR) is 85.1 cm³/mol. The molecule has 0 amide bonds. The van der Waals surface area contributed by atoms with Gasteiger partial charge >= 0.3 is 0 Å². The van der Waals surface area contributed by atoms with Crippen LogP contribution in [0.4, 0.5) is 5.69 Å². The second-order valence-corrected chi connectivity index (χ2v) is 5.47. The van der Waals surface area contributed by atoms with E-state index in [9.17, 15) is 5.11 Å². The second-order valence-electron chi connectivity index (χ2n) is 5.47. The summed E-state index contributed by atoms with van der Waals surface area (Å²) in [5, 5.41) is 13.6. The van der Waals surface area contributed by atoms with Crippen LogP contribution in [0, 0.1) is 0 Å². The van der Waals surface area contributed by atoms with Crippen molar-refractivity contribution in [2.24, 2.45) is 0 Å². The molecule has 0 bridgehead atoms. The lowest BCUT2D eigenvalue weighted by Gasteiger charge is -2.20. The normalized spacial score (nSPS) is 13.6. The maximum atomic E-state index is 10.1. The molecule has 3 rings (SSSR count). The van der Waals surface area contributed by atoms with Crippen molar-refractivity contribution >= 4 is 5.69 Å². The zero-order chi connectivity index (χ0) is 14.7. The Morgan fingerprint density at radius 1 is 1.10 bits per heavy atom. The van der Waals surface area contributed by atoms with Crippen LogP contribution in [0.5, 0.6) is 11.5 Å². The van der Waals surface area contributed by atoms with Crippen LogP contribution in [0.15, 0.2) is 36.4 Å². The highest BCUT2D eigenvalue weighted by molar-refractivity contribution is 5.57. The number of para-hydroxylation sites is 1. The maximum Gasteiger partial charge on any atom is 0.162 e. The Kier molecular flexibility index (Phi) is 4.00. The highest BCUT2D eigenvalue weighted by atomic mass is 16.5. The summed E-state index contributed by atoms with van der Waals surface area (Å²) in [6, 6.07) is 12.0. The van der Waals surface area contributed by atoms with Gasteiger partial charge in [-0.3, -0.25) is 0 Å². The van der Waals surface area contributed by atoms with Crippen molar-refractivity contribution in [3.8, 4) is 11.5 Å². The van der Waals surface area contributed by atoms with E-state index in [1.165, 1.54) is 36.1 Å². The Balaban J connectivity index is 1.80. The first-order valence-corrected chi connectivity index (χ1v) is 7.49. The highest BCUT2D eigenvalue weighted by Gasteiger charge is 2.13. The molecule has 1 aliphatic carbocycles. The number of phenols is 1. The van der Waals surface area contributed by atoms with Crippen LogP contribution >= 0.6 is 0 Å². The summed E-state index contributed by atoms with van der Waals surface area (Å²) < 4.78 is 5.15. The lowest BCUT2D eigenvalue weighted by molar-refractivity contribution is 0.371. The number of anilines is 1. The molecule has 2 aromatic rings. The Hall–Kier alpha value is -2.16. The van der Waals surface area contributed by atoms with Crippen molar-refractivity contribution in [1.29, 1.82) is 0 Å². The van der Waals surface area contributed by atoms with Gasteiger partial charge < -0.3 is 15.2 Å². The molecule has 0 atom stereocenters. The van der Waals surface area contributed by atoms with Gasteiger partial charge in [0.15, 0.2) is 11.5 Å². The molecule has 110 valence electrons. The number of benzene rings is 2. The number of rotatable bonds is 4. The predicted octanol–water partition coefficient (Wildman–Crippen LogP) is 3.89. The Labute approximate surface area is 125 Å². The highest BCUT2D eigenvalue weighted by Crippen LogP contribution is 2.31. The molecule has 0 saturated carbocycles. The van der Waals surface area contributed by atoms with Crippen molar-refractivity contribution in [3.63, 3.8) is 0 Å². The number of hydrogen-bond acceptors (Lipinski definition) is 3. The van der Waals surface area contributed by atoms with Crippen molar-refractivity contribution in [3.05, 3.63) is 53.1 Å². The summed E-state index contributed by atoms with van der Waals surface area (Å²) in [6.07, 6.45) is 4.86. The summed E-state index contributed by atoms with van der Waals surface area (Å²) in [5.74, 6) is 0.738. The van der Waals surface area contributed by atoms with Crippen molar-refractivity contribution in [2.45, 2.75) is 32.2 Å². The van der Waals surface area contributed by atoms with Gasteiger partial charge in [-0.05, 0) is 48.9 Å². The standard InChI is InChI=1S/C18H21NO2/c1-21-17-11-5-8-14(18(17)20)12-19-16-10-4-7-13-6-2-3-9-15(13)16/h4-5,7-8,10-11,19-20H,2-3,6,9,12H2,1H3. The number of methoxy groups -OCH3 is 1. The smallest absolute Gasteiger partial charge is 0.162 e. The van der Waals surface area contributed by atoms with Gasteiger partial charge in [0.2, 0.25) is 0 Å². The topological polar surface area (TPSA) is 41.5 Å². The maximum absolute atomic E-state index is 10.1. The van der Waals surface area contributed by atoms with Gasteiger partial charge in [0, 0.05) is 17.8 Å². The van der Waals surface area contributed by atoms with Crippen molar-refractivity contribution in [1.82, 2.24) is 0 Å². The third-order valence-corrected chi connectivity index (χ3v) is 4.17. The molecule has 3 nitrogen and oxygen atoms in total. The van der Waals surface area contributed by atoms with Crippen LogP contribution in [0.1, 0.15) is 29.5 Å². The van der Waals surface area contributed by atoms with Crippen molar-refractivity contribution in [2.75, 3.05) is 12.4 Å².